The average Bonchev–Trinajstić information content (AvgIpc) is 2.29. The molecule has 5 nitrogen and oxygen atoms in total. The summed E-state index contributed by atoms with van der Waals surface area (Å²) in [7, 11) is 0. The molecule has 1 saturated heterocycles. The largest absolute Gasteiger partial charge is 0.480 e. The van der Waals surface area contributed by atoms with E-state index in [1.54, 1.807) is 17.1 Å². The number of hydrogen-bond donors (Lipinski definition) is 1. The maximum absolute atomic E-state index is 11.7. The first-order valence-corrected chi connectivity index (χ1v) is 5.66. The Labute approximate surface area is 101 Å². The molecule has 1 rings (SSSR count). The van der Waals surface area contributed by atoms with E-state index in [4.69, 9.17) is 5.11 Å². The molecule has 17 heavy (non-hydrogen) atoms. The van der Waals surface area contributed by atoms with Crippen molar-refractivity contribution in [3.8, 4) is 0 Å². The van der Waals surface area contributed by atoms with E-state index in [0.717, 1.165) is 0 Å². The van der Waals surface area contributed by atoms with Crippen molar-refractivity contribution in [3.63, 3.8) is 0 Å². The van der Waals surface area contributed by atoms with Crippen LogP contribution in [0.5, 0.6) is 0 Å². The Kier molecular flexibility index (Phi) is 5.42. The highest BCUT2D eigenvalue weighted by molar-refractivity contribution is 5.88. The highest BCUT2D eigenvalue weighted by atomic mass is 16.4. The van der Waals surface area contributed by atoms with Crippen LogP contribution < -0.4 is 0 Å². The summed E-state index contributed by atoms with van der Waals surface area (Å²) in [4.78, 5) is 25.8. The number of allylic oxidation sites excluding steroid dienone is 3. The van der Waals surface area contributed by atoms with Crippen molar-refractivity contribution in [2.75, 3.05) is 32.7 Å². The minimum absolute atomic E-state index is 0.0157. The van der Waals surface area contributed by atoms with E-state index < -0.39 is 5.97 Å². The molecule has 0 atom stereocenters. The molecule has 1 aliphatic heterocycles. The van der Waals surface area contributed by atoms with Crippen LogP contribution in [0.3, 0.4) is 0 Å². The van der Waals surface area contributed by atoms with E-state index >= 15 is 0 Å². The van der Waals surface area contributed by atoms with Gasteiger partial charge in [-0.25, -0.2) is 0 Å². The van der Waals surface area contributed by atoms with Gasteiger partial charge >= 0.3 is 5.97 Å². The third-order valence-electron chi connectivity index (χ3n) is 2.59. The smallest absolute Gasteiger partial charge is 0.317 e. The van der Waals surface area contributed by atoms with Crippen molar-refractivity contribution >= 4 is 11.9 Å². The highest BCUT2D eigenvalue weighted by Gasteiger charge is 2.20. The van der Waals surface area contributed by atoms with Crippen LogP contribution in [-0.2, 0) is 9.59 Å². The molecule has 5 heteroatoms. The SMILES string of the molecule is C/C=C/C=C/C(=O)N1CCN(CC(=O)O)CC1. The molecule has 0 radical (unpaired) electrons. The summed E-state index contributed by atoms with van der Waals surface area (Å²) in [5.74, 6) is -0.837. The van der Waals surface area contributed by atoms with E-state index in [-0.39, 0.29) is 12.5 Å². The summed E-state index contributed by atoms with van der Waals surface area (Å²) in [6, 6.07) is 0. The van der Waals surface area contributed by atoms with Crippen molar-refractivity contribution in [1.82, 2.24) is 9.80 Å². The first-order valence-electron chi connectivity index (χ1n) is 5.66. The van der Waals surface area contributed by atoms with Crippen LogP contribution in [-0.4, -0.2) is 59.5 Å². The van der Waals surface area contributed by atoms with E-state index in [0.29, 0.717) is 26.2 Å². The van der Waals surface area contributed by atoms with Gasteiger partial charge < -0.3 is 10.0 Å². The van der Waals surface area contributed by atoms with Crippen LogP contribution >= 0.6 is 0 Å². The topological polar surface area (TPSA) is 60.9 Å². The Morgan fingerprint density at radius 1 is 1.18 bits per heavy atom. The fourth-order valence-electron chi connectivity index (χ4n) is 1.67. The van der Waals surface area contributed by atoms with Gasteiger partial charge in [0.05, 0.1) is 6.54 Å². The molecule has 0 aliphatic carbocycles. The van der Waals surface area contributed by atoms with Gasteiger partial charge in [0.15, 0.2) is 0 Å². The van der Waals surface area contributed by atoms with Gasteiger partial charge in [-0.3, -0.25) is 14.5 Å². The molecule has 1 fully saturated rings. The summed E-state index contributed by atoms with van der Waals surface area (Å²) < 4.78 is 0. The molecule has 1 N–H and O–H groups in total. The van der Waals surface area contributed by atoms with Gasteiger partial charge in [0.1, 0.15) is 0 Å². The van der Waals surface area contributed by atoms with Gasteiger partial charge in [0.2, 0.25) is 5.91 Å². The van der Waals surface area contributed by atoms with Gasteiger partial charge in [-0.1, -0.05) is 18.2 Å². The second kappa shape index (κ2) is 6.85. The lowest BCUT2D eigenvalue weighted by Gasteiger charge is -2.33. The highest BCUT2D eigenvalue weighted by Crippen LogP contribution is 2.02. The number of piperazine rings is 1. The normalized spacial score (nSPS) is 18.1. The van der Waals surface area contributed by atoms with Gasteiger partial charge in [-0.2, -0.15) is 0 Å². The monoisotopic (exact) mass is 238 g/mol. The zero-order valence-electron chi connectivity index (χ0n) is 10.0. The number of carbonyl (C=O) groups is 2. The van der Waals surface area contributed by atoms with E-state index in [2.05, 4.69) is 0 Å². The average molecular weight is 238 g/mol. The summed E-state index contributed by atoms with van der Waals surface area (Å²) in [6.45, 7) is 4.36. The molecular weight excluding hydrogens is 220 g/mol. The molecule has 1 heterocycles. The molecule has 0 unspecified atom stereocenters. The third-order valence-corrected chi connectivity index (χ3v) is 2.59. The summed E-state index contributed by atoms with van der Waals surface area (Å²) >= 11 is 0. The molecule has 0 saturated carbocycles. The first kappa shape index (κ1) is 13.4. The van der Waals surface area contributed by atoms with E-state index in [1.165, 1.54) is 6.08 Å². The number of carbonyl (C=O) groups excluding carboxylic acids is 1. The number of carboxylic acid groups (broad SMARTS) is 1. The van der Waals surface area contributed by atoms with E-state index in [9.17, 15) is 9.59 Å². The first-order chi connectivity index (χ1) is 8.13. The standard InChI is InChI=1S/C12H18N2O3/c1-2-3-4-5-11(15)14-8-6-13(7-9-14)10-12(16)17/h2-5H,6-10H2,1H3,(H,16,17)/b3-2+,5-4+. The maximum Gasteiger partial charge on any atom is 0.317 e. The van der Waals surface area contributed by atoms with Gasteiger partial charge in [0, 0.05) is 32.3 Å². The lowest BCUT2D eigenvalue weighted by atomic mass is 10.3. The second-order valence-corrected chi connectivity index (χ2v) is 3.88. The van der Waals surface area contributed by atoms with Crippen LogP contribution in [0.15, 0.2) is 24.3 Å². The Morgan fingerprint density at radius 2 is 1.82 bits per heavy atom. The quantitative estimate of drug-likeness (QED) is 0.567. The lowest BCUT2D eigenvalue weighted by Crippen LogP contribution is -2.49. The Morgan fingerprint density at radius 3 is 2.35 bits per heavy atom. The number of rotatable bonds is 4. The van der Waals surface area contributed by atoms with Crippen LogP contribution in [0.2, 0.25) is 0 Å². The van der Waals surface area contributed by atoms with Gasteiger partial charge in [-0.15, -0.1) is 0 Å². The van der Waals surface area contributed by atoms with Crippen molar-refractivity contribution in [2.45, 2.75) is 6.92 Å². The molecule has 0 spiro atoms. The maximum atomic E-state index is 11.7. The number of hydrogen-bond acceptors (Lipinski definition) is 3. The van der Waals surface area contributed by atoms with Gasteiger partial charge in [-0.05, 0) is 6.92 Å². The lowest BCUT2D eigenvalue weighted by molar-refractivity contribution is -0.139. The summed E-state index contributed by atoms with van der Waals surface area (Å²) in [5, 5.41) is 8.64. The van der Waals surface area contributed by atoms with Crippen molar-refractivity contribution in [2.24, 2.45) is 0 Å². The second-order valence-electron chi connectivity index (χ2n) is 3.88. The van der Waals surface area contributed by atoms with Crippen LogP contribution in [0.25, 0.3) is 0 Å². The molecule has 0 aromatic carbocycles. The zero-order chi connectivity index (χ0) is 12.7. The third kappa shape index (κ3) is 4.82. The number of aliphatic carboxylic acids is 1. The van der Waals surface area contributed by atoms with Crippen LogP contribution in [0.4, 0.5) is 0 Å². The molecular formula is C12H18N2O3. The summed E-state index contributed by atoms with van der Waals surface area (Å²) in [6.07, 6.45) is 6.91. The Hall–Kier alpha value is -1.62. The Bertz CT molecular complexity index is 329. The van der Waals surface area contributed by atoms with Gasteiger partial charge in [0.25, 0.3) is 0 Å². The molecule has 1 amide bonds. The van der Waals surface area contributed by atoms with Crippen LogP contribution in [0.1, 0.15) is 6.92 Å². The summed E-state index contributed by atoms with van der Waals surface area (Å²) in [5.41, 5.74) is 0. The zero-order valence-corrected chi connectivity index (χ0v) is 10.0. The van der Waals surface area contributed by atoms with E-state index in [1.807, 2.05) is 17.9 Å². The fourth-order valence-corrected chi connectivity index (χ4v) is 1.67. The molecule has 0 bridgehead atoms. The molecule has 1 aliphatic rings. The molecule has 94 valence electrons. The number of carboxylic acids is 1. The Balaban J connectivity index is 2.36. The predicted octanol–water partition coefficient (Wildman–Crippen LogP) is 0.347. The number of amides is 1. The predicted molar refractivity (Wildman–Crippen MR) is 64.6 cm³/mol. The minimum Gasteiger partial charge on any atom is -0.480 e. The van der Waals surface area contributed by atoms with Crippen molar-refractivity contribution < 1.29 is 14.7 Å². The minimum atomic E-state index is -0.822. The number of nitrogens with zero attached hydrogens (tertiary/aromatic N) is 2. The van der Waals surface area contributed by atoms with Crippen molar-refractivity contribution in [1.29, 1.82) is 0 Å². The molecule has 0 aromatic rings. The molecule has 0 aromatic heterocycles. The fraction of sp³-hybridized carbons (Fsp3) is 0.500. The van der Waals surface area contributed by atoms with Crippen LogP contribution in [0, 0.1) is 0 Å². The van der Waals surface area contributed by atoms with Crippen molar-refractivity contribution in [3.05, 3.63) is 24.3 Å².